The summed E-state index contributed by atoms with van der Waals surface area (Å²) in [6.07, 6.45) is 1.86. The predicted molar refractivity (Wildman–Crippen MR) is 132 cm³/mol. The standard InChI is InChI=1S/C23H35N7O6/c24-23(25)27-11-5-9-16(20(33)29-17(22(35)36)12-14-6-2-1-3-7-14)28-21(34)18(13-31)30-19(32)15-8-4-10-26-15/h1-3,6-7,15-18,26,31H,4-5,8-13H2,(H,28,34)(H,29,33)(H,30,32)(H,35,36)(H4,24,25,27)/t15-,16-,17-,18-/m0/s1. The topological polar surface area (TPSA) is 221 Å². The molecule has 0 spiro atoms. The number of carbonyl (C=O) groups excluding carboxylic acids is 3. The fourth-order valence-electron chi connectivity index (χ4n) is 3.74. The highest BCUT2D eigenvalue weighted by molar-refractivity contribution is 5.94. The van der Waals surface area contributed by atoms with Crippen LogP contribution in [0.15, 0.2) is 35.3 Å². The van der Waals surface area contributed by atoms with Crippen molar-refractivity contribution in [2.24, 2.45) is 16.5 Å². The normalized spacial score (nSPS) is 17.3. The number of amides is 3. The van der Waals surface area contributed by atoms with Crippen LogP contribution in [0.2, 0.25) is 0 Å². The van der Waals surface area contributed by atoms with Gasteiger partial charge in [0.25, 0.3) is 0 Å². The van der Waals surface area contributed by atoms with E-state index < -0.39 is 54.5 Å². The molecule has 1 saturated heterocycles. The highest BCUT2D eigenvalue weighted by Gasteiger charge is 2.31. The van der Waals surface area contributed by atoms with Crippen LogP contribution in [0.5, 0.6) is 0 Å². The zero-order valence-electron chi connectivity index (χ0n) is 20.0. The van der Waals surface area contributed by atoms with E-state index >= 15 is 0 Å². The molecule has 3 amide bonds. The van der Waals surface area contributed by atoms with Gasteiger partial charge in [-0.3, -0.25) is 19.4 Å². The zero-order valence-corrected chi connectivity index (χ0v) is 20.0. The summed E-state index contributed by atoms with van der Waals surface area (Å²) in [7, 11) is 0. The lowest BCUT2D eigenvalue weighted by Crippen LogP contribution is -2.58. The quantitative estimate of drug-likeness (QED) is 0.0763. The minimum atomic E-state index is -1.28. The number of hydrogen-bond acceptors (Lipinski definition) is 7. The van der Waals surface area contributed by atoms with Crippen molar-refractivity contribution in [3.8, 4) is 0 Å². The maximum atomic E-state index is 13.0. The first-order valence-electron chi connectivity index (χ1n) is 11.8. The third kappa shape index (κ3) is 9.50. The number of nitrogens with one attached hydrogen (secondary N) is 4. The molecule has 1 aromatic carbocycles. The largest absolute Gasteiger partial charge is 0.480 e. The van der Waals surface area contributed by atoms with Crippen LogP contribution in [-0.2, 0) is 25.6 Å². The number of aliphatic hydroxyl groups excluding tert-OH is 1. The maximum absolute atomic E-state index is 13.0. The third-order valence-electron chi connectivity index (χ3n) is 5.67. The van der Waals surface area contributed by atoms with Crippen molar-refractivity contribution in [2.45, 2.75) is 56.3 Å². The van der Waals surface area contributed by atoms with Gasteiger partial charge in [0.2, 0.25) is 17.7 Å². The molecule has 13 nitrogen and oxygen atoms in total. The Kier molecular flexibility index (Phi) is 11.6. The molecule has 2 rings (SSSR count). The smallest absolute Gasteiger partial charge is 0.326 e. The van der Waals surface area contributed by atoms with Gasteiger partial charge in [-0.1, -0.05) is 30.3 Å². The van der Waals surface area contributed by atoms with Gasteiger partial charge in [0.05, 0.1) is 12.6 Å². The van der Waals surface area contributed by atoms with E-state index in [0.717, 1.165) is 6.42 Å². The Morgan fingerprint density at radius 1 is 1.03 bits per heavy atom. The van der Waals surface area contributed by atoms with E-state index in [1.165, 1.54) is 0 Å². The molecule has 13 heteroatoms. The lowest BCUT2D eigenvalue weighted by Gasteiger charge is -2.24. The minimum Gasteiger partial charge on any atom is -0.480 e. The SMILES string of the molecule is NC(N)=NCCC[C@H](NC(=O)[C@H](CO)NC(=O)[C@@H]1CCCN1)C(=O)N[C@@H](Cc1ccccc1)C(=O)O. The molecule has 0 saturated carbocycles. The van der Waals surface area contributed by atoms with Crippen molar-refractivity contribution >= 4 is 29.7 Å². The highest BCUT2D eigenvalue weighted by atomic mass is 16.4. The second-order valence-electron chi connectivity index (χ2n) is 8.49. The molecular weight excluding hydrogens is 470 g/mol. The van der Waals surface area contributed by atoms with E-state index in [-0.39, 0.29) is 25.3 Å². The number of nitrogens with two attached hydrogens (primary N) is 2. The van der Waals surface area contributed by atoms with E-state index in [0.29, 0.717) is 24.9 Å². The molecule has 0 unspecified atom stereocenters. The minimum absolute atomic E-state index is 0.0420. The summed E-state index contributed by atoms with van der Waals surface area (Å²) in [5, 5.41) is 29.8. The Balaban J connectivity index is 2.08. The van der Waals surface area contributed by atoms with E-state index in [2.05, 4.69) is 26.3 Å². The van der Waals surface area contributed by atoms with Crippen LogP contribution in [0, 0.1) is 0 Å². The first kappa shape index (κ1) is 28.5. The number of aliphatic hydroxyl groups is 1. The highest BCUT2D eigenvalue weighted by Crippen LogP contribution is 2.07. The van der Waals surface area contributed by atoms with Crippen LogP contribution in [-0.4, -0.2) is 83.7 Å². The predicted octanol–water partition coefficient (Wildman–Crippen LogP) is -2.43. The second-order valence-corrected chi connectivity index (χ2v) is 8.49. The van der Waals surface area contributed by atoms with Crippen molar-refractivity contribution < 1.29 is 29.4 Å². The molecule has 0 bridgehead atoms. The Morgan fingerprint density at radius 3 is 2.28 bits per heavy atom. The monoisotopic (exact) mass is 505 g/mol. The average Bonchev–Trinajstić information content (AvgIpc) is 3.39. The number of carbonyl (C=O) groups is 4. The van der Waals surface area contributed by atoms with E-state index in [1.807, 2.05) is 0 Å². The molecule has 10 N–H and O–H groups in total. The molecule has 36 heavy (non-hydrogen) atoms. The number of aliphatic carboxylic acids is 1. The molecule has 0 aromatic heterocycles. The Hall–Kier alpha value is -3.71. The number of hydrogen-bond donors (Lipinski definition) is 8. The van der Waals surface area contributed by atoms with Crippen molar-refractivity contribution in [3.63, 3.8) is 0 Å². The second kappa shape index (κ2) is 14.6. The van der Waals surface area contributed by atoms with Crippen LogP contribution in [0.25, 0.3) is 0 Å². The van der Waals surface area contributed by atoms with Crippen LogP contribution < -0.4 is 32.7 Å². The molecule has 0 radical (unpaired) electrons. The van der Waals surface area contributed by atoms with E-state index in [1.54, 1.807) is 30.3 Å². The molecule has 1 aliphatic rings. The van der Waals surface area contributed by atoms with Gasteiger partial charge in [0.1, 0.15) is 18.1 Å². The molecule has 1 aliphatic heterocycles. The van der Waals surface area contributed by atoms with Gasteiger partial charge in [-0.15, -0.1) is 0 Å². The number of aliphatic imine (C=N–C) groups is 1. The number of guanidine groups is 1. The van der Waals surface area contributed by atoms with Gasteiger partial charge in [-0.2, -0.15) is 0 Å². The van der Waals surface area contributed by atoms with Gasteiger partial charge in [0.15, 0.2) is 5.96 Å². The van der Waals surface area contributed by atoms with Crippen molar-refractivity contribution in [3.05, 3.63) is 35.9 Å². The average molecular weight is 506 g/mol. The molecule has 4 atom stereocenters. The lowest BCUT2D eigenvalue weighted by atomic mass is 10.0. The number of nitrogens with zero attached hydrogens (tertiary/aromatic N) is 1. The summed E-state index contributed by atoms with van der Waals surface area (Å²) in [6, 6.07) is 4.65. The fraction of sp³-hybridized carbons (Fsp3) is 0.522. The number of benzene rings is 1. The summed E-state index contributed by atoms with van der Waals surface area (Å²) in [6.45, 7) is 0.181. The van der Waals surface area contributed by atoms with Gasteiger partial charge in [-0.05, 0) is 37.8 Å². The third-order valence-corrected chi connectivity index (χ3v) is 5.67. The first-order chi connectivity index (χ1) is 17.2. The van der Waals surface area contributed by atoms with Gasteiger partial charge >= 0.3 is 5.97 Å². The number of carboxylic acids is 1. The Bertz CT molecular complexity index is 917. The van der Waals surface area contributed by atoms with Crippen molar-refractivity contribution in [2.75, 3.05) is 19.7 Å². The molecule has 1 fully saturated rings. The molecular formula is C23H35N7O6. The van der Waals surface area contributed by atoms with Crippen LogP contribution in [0.4, 0.5) is 0 Å². The van der Waals surface area contributed by atoms with Gasteiger partial charge in [-0.25, -0.2) is 4.79 Å². The Morgan fingerprint density at radius 2 is 1.69 bits per heavy atom. The molecule has 1 heterocycles. The summed E-state index contributed by atoms with van der Waals surface area (Å²) >= 11 is 0. The van der Waals surface area contributed by atoms with Crippen molar-refractivity contribution in [1.82, 2.24) is 21.3 Å². The van der Waals surface area contributed by atoms with Crippen LogP contribution in [0.1, 0.15) is 31.2 Å². The molecule has 198 valence electrons. The summed E-state index contributed by atoms with van der Waals surface area (Å²) < 4.78 is 0. The molecule has 0 aliphatic carbocycles. The first-order valence-corrected chi connectivity index (χ1v) is 11.8. The summed E-state index contributed by atoms with van der Waals surface area (Å²) in [4.78, 5) is 53.8. The zero-order chi connectivity index (χ0) is 26.5. The van der Waals surface area contributed by atoms with Crippen LogP contribution in [0.3, 0.4) is 0 Å². The van der Waals surface area contributed by atoms with Crippen LogP contribution >= 0.6 is 0 Å². The maximum Gasteiger partial charge on any atom is 0.326 e. The van der Waals surface area contributed by atoms with Gasteiger partial charge < -0.3 is 42.9 Å². The Labute approximate surface area is 209 Å². The number of rotatable bonds is 14. The summed E-state index contributed by atoms with van der Waals surface area (Å²) in [5.74, 6) is -3.29. The van der Waals surface area contributed by atoms with Gasteiger partial charge in [0, 0.05) is 13.0 Å². The fourth-order valence-corrected chi connectivity index (χ4v) is 3.74. The van der Waals surface area contributed by atoms with Crippen molar-refractivity contribution in [1.29, 1.82) is 0 Å². The number of carboxylic acid groups (broad SMARTS) is 1. The van der Waals surface area contributed by atoms with E-state index in [4.69, 9.17) is 11.5 Å². The molecule has 1 aromatic rings. The lowest BCUT2D eigenvalue weighted by molar-refractivity contribution is -0.142. The summed E-state index contributed by atoms with van der Waals surface area (Å²) in [5.41, 5.74) is 11.3. The van der Waals surface area contributed by atoms with E-state index in [9.17, 15) is 29.4 Å².